The Kier molecular flexibility index (Phi) is 5.13. The molecule has 3 heterocycles. The highest BCUT2D eigenvalue weighted by Gasteiger charge is 2.30. The van der Waals surface area contributed by atoms with Crippen molar-refractivity contribution in [3.63, 3.8) is 0 Å². The van der Waals surface area contributed by atoms with Crippen LogP contribution in [0.25, 0.3) is 0 Å². The Morgan fingerprint density at radius 1 is 0.731 bits per heavy atom. The third-order valence-corrected chi connectivity index (χ3v) is 5.32. The molecule has 3 aliphatic heterocycles. The van der Waals surface area contributed by atoms with Crippen molar-refractivity contribution in [3.8, 4) is 0 Å². The van der Waals surface area contributed by atoms with Gasteiger partial charge in [0.25, 0.3) is 22.3 Å². The first kappa shape index (κ1) is 18.2. The average molecular weight is 396 g/mol. The van der Waals surface area contributed by atoms with E-state index in [2.05, 4.69) is 10.6 Å². The summed E-state index contributed by atoms with van der Waals surface area (Å²) in [6, 6.07) is 0. The average Bonchev–Trinajstić information content (AvgIpc) is 3.07. The van der Waals surface area contributed by atoms with Gasteiger partial charge in [-0.15, -0.1) is 0 Å². The molecule has 3 aliphatic rings. The second-order valence-electron chi connectivity index (χ2n) is 5.36. The molecule has 0 aliphatic carbocycles. The molecule has 10 nitrogen and oxygen atoms in total. The summed E-state index contributed by atoms with van der Waals surface area (Å²) in [6.45, 7) is 0.984. The van der Waals surface area contributed by atoms with E-state index >= 15 is 0 Å². The van der Waals surface area contributed by atoms with E-state index in [1.54, 1.807) is 0 Å². The lowest BCUT2D eigenvalue weighted by molar-refractivity contribution is -0.134. The van der Waals surface area contributed by atoms with Crippen molar-refractivity contribution in [1.82, 2.24) is 20.4 Å². The standard InChI is InChI=1S/C14H12N4O6S2/c19-9(5-7-11(21)15-13(23)25-7)17-1-2-18(4-3-17)10(20)6-8-12(22)16-14(24)26-8/h5-6H,1-4H2,(H,15,21,23)(H,16,22,24)/b7-5-,8-6-. The van der Waals surface area contributed by atoms with Crippen LogP contribution in [0.1, 0.15) is 0 Å². The fraction of sp³-hybridized carbons (Fsp3) is 0.286. The van der Waals surface area contributed by atoms with Gasteiger partial charge in [-0.05, 0) is 23.5 Å². The third kappa shape index (κ3) is 3.96. The molecule has 3 saturated heterocycles. The number of thioether (sulfide) groups is 2. The van der Waals surface area contributed by atoms with Crippen LogP contribution in [0.3, 0.4) is 0 Å². The molecule has 0 atom stereocenters. The summed E-state index contributed by atoms with van der Waals surface area (Å²) in [5.41, 5.74) is 0. The van der Waals surface area contributed by atoms with Gasteiger partial charge in [0.1, 0.15) is 0 Å². The fourth-order valence-electron chi connectivity index (χ4n) is 2.40. The number of nitrogens with one attached hydrogen (secondary N) is 2. The lowest BCUT2D eigenvalue weighted by Crippen LogP contribution is -2.50. The Labute approximate surface area is 155 Å². The van der Waals surface area contributed by atoms with Crippen molar-refractivity contribution in [3.05, 3.63) is 22.0 Å². The molecule has 136 valence electrons. The highest BCUT2D eigenvalue weighted by molar-refractivity contribution is 8.18. The fourth-order valence-corrected chi connectivity index (χ4v) is 3.69. The number of hydrogen-bond donors (Lipinski definition) is 2. The predicted octanol–water partition coefficient (Wildman–Crippen LogP) is -0.609. The highest BCUT2D eigenvalue weighted by Crippen LogP contribution is 2.24. The van der Waals surface area contributed by atoms with Crippen molar-refractivity contribution in [2.75, 3.05) is 26.2 Å². The van der Waals surface area contributed by atoms with Crippen LogP contribution in [-0.2, 0) is 19.2 Å². The molecule has 6 amide bonds. The molecule has 0 saturated carbocycles. The van der Waals surface area contributed by atoms with Crippen LogP contribution in [-0.4, -0.2) is 70.1 Å². The predicted molar refractivity (Wildman–Crippen MR) is 91.6 cm³/mol. The van der Waals surface area contributed by atoms with E-state index in [0.29, 0.717) is 23.5 Å². The van der Waals surface area contributed by atoms with E-state index in [4.69, 9.17) is 0 Å². The number of rotatable bonds is 2. The van der Waals surface area contributed by atoms with Gasteiger partial charge in [-0.25, -0.2) is 0 Å². The summed E-state index contributed by atoms with van der Waals surface area (Å²) < 4.78 is 0. The van der Waals surface area contributed by atoms with Gasteiger partial charge in [0.15, 0.2) is 0 Å². The molecule has 0 unspecified atom stereocenters. The Morgan fingerprint density at radius 2 is 1.08 bits per heavy atom. The second kappa shape index (κ2) is 7.33. The van der Waals surface area contributed by atoms with Gasteiger partial charge in [0, 0.05) is 38.3 Å². The lowest BCUT2D eigenvalue weighted by atomic mass is 10.2. The largest absolute Gasteiger partial charge is 0.336 e. The molecule has 0 aromatic carbocycles. The zero-order valence-corrected chi connectivity index (χ0v) is 14.8. The smallest absolute Gasteiger partial charge is 0.290 e. The van der Waals surface area contributed by atoms with Gasteiger partial charge in [0.2, 0.25) is 11.8 Å². The lowest BCUT2D eigenvalue weighted by Gasteiger charge is -2.33. The van der Waals surface area contributed by atoms with Crippen molar-refractivity contribution >= 4 is 57.6 Å². The number of carbonyl (C=O) groups is 6. The topological polar surface area (TPSA) is 133 Å². The number of imide groups is 2. The molecular weight excluding hydrogens is 384 g/mol. The van der Waals surface area contributed by atoms with Gasteiger partial charge < -0.3 is 9.80 Å². The Morgan fingerprint density at radius 3 is 1.35 bits per heavy atom. The van der Waals surface area contributed by atoms with Crippen LogP contribution in [0.2, 0.25) is 0 Å². The van der Waals surface area contributed by atoms with Crippen LogP contribution in [0.4, 0.5) is 9.59 Å². The van der Waals surface area contributed by atoms with Gasteiger partial charge >= 0.3 is 0 Å². The number of nitrogens with zero attached hydrogens (tertiary/aromatic N) is 2. The summed E-state index contributed by atoms with van der Waals surface area (Å²) >= 11 is 1.33. The van der Waals surface area contributed by atoms with Crippen molar-refractivity contribution in [1.29, 1.82) is 0 Å². The van der Waals surface area contributed by atoms with Gasteiger partial charge in [-0.1, -0.05) is 0 Å². The first-order valence-electron chi connectivity index (χ1n) is 7.41. The minimum absolute atomic E-state index is 0.0391. The maximum atomic E-state index is 12.2. The Bertz CT molecular complexity index is 731. The molecule has 0 radical (unpaired) electrons. The number of carbonyl (C=O) groups excluding carboxylic acids is 6. The van der Waals surface area contributed by atoms with Crippen LogP contribution in [0.15, 0.2) is 22.0 Å². The van der Waals surface area contributed by atoms with Crippen molar-refractivity contribution in [2.45, 2.75) is 0 Å². The first-order chi connectivity index (χ1) is 12.3. The van der Waals surface area contributed by atoms with Gasteiger partial charge in [-0.3, -0.25) is 39.4 Å². The van der Waals surface area contributed by atoms with E-state index in [1.807, 2.05) is 0 Å². The van der Waals surface area contributed by atoms with E-state index in [0.717, 1.165) is 12.2 Å². The number of amides is 6. The molecule has 12 heteroatoms. The monoisotopic (exact) mass is 396 g/mol. The Hall–Kier alpha value is -2.60. The van der Waals surface area contributed by atoms with Crippen LogP contribution >= 0.6 is 23.5 Å². The molecule has 0 bridgehead atoms. The van der Waals surface area contributed by atoms with Crippen LogP contribution in [0.5, 0.6) is 0 Å². The van der Waals surface area contributed by atoms with E-state index < -0.39 is 34.1 Å². The van der Waals surface area contributed by atoms with E-state index in [9.17, 15) is 28.8 Å². The molecule has 3 fully saturated rings. The second-order valence-corrected chi connectivity index (χ2v) is 7.38. The maximum Gasteiger partial charge on any atom is 0.290 e. The molecule has 0 aromatic heterocycles. The van der Waals surface area contributed by atoms with Crippen molar-refractivity contribution in [2.24, 2.45) is 0 Å². The molecular formula is C14H12N4O6S2. The van der Waals surface area contributed by atoms with E-state index in [1.165, 1.54) is 9.80 Å². The summed E-state index contributed by atoms with van der Waals surface area (Å²) in [6.07, 6.45) is 2.21. The highest BCUT2D eigenvalue weighted by atomic mass is 32.2. The molecule has 0 spiro atoms. The number of piperazine rings is 1. The summed E-state index contributed by atoms with van der Waals surface area (Å²) in [5.74, 6) is -2.04. The quantitative estimate of drug-likeness (QED) is 0.591. The zero-order chi connectivity index (χ0) is 18.8. The molecule has 0 aromatic rings. The minimum Gasteiger partial charge on any atom is -0.336 e. The molecule has 2 N–H and O–H groups in total. The molecule has 3 rings (SSSR count). The first-order valence-corrected chi connectivity index (χ1v) is 9.04. The van der Waals surface area contributed by atoms with Crippen LogP contribution in [0, 0.1) is 0 Å². The normalized spacial score (nSPS) is 23.7. The SMILES string of the molecule is O=C1NC(=O)/C(=C/C(=O)N2CCN(C(=O)/C=C3\SC(=O)NC3=O)CC2)S1. The Balaban J connectivity index is 1.56. The summed E-state index contributed by atoms with van der Waals surface area (Å²) in [5, 5.41) is 3.09. The van der Waals surface area contributed by atoms with Crippen molar-refractivity contribution < 1.29 is 28.8 Å². The number of hydrogen-bond acceptors (Lipinski definition) is 8. The summed E-state index contributed by atoms with van der Waals surface area (Å²) in [7, 11) is 0. The van der Waals surface area contributed by atoms with E-state index in [-0.39, 0.29) is 36.0 Å². The summed E-state index contributed by atoms with van der Waals surface area (Å²) in [4.78, 5) is 72.4. The maximum absolute atomic E-state index is 12.2. The minimum atomic E-state index is -0.601. The third-order valence-electron chi connectivity index (χ3n) is 3.70. The zero-order valence-electron chi connectivity index (χ0n) is 13.1. The van der Waals surface area contributed by atoms with Gasteiger partial charge in [0.05, 0.1) is 9.81 Å². The molecule has 26 heavy (non-hydrogen) atoms. The van der Waals surface area contributed by atoms with Crippen LogP contribution < -0.4 is 10.6 Å². The van der Waals surface area contributed by atoms with Gasteiger partial charge in [-0.2, -0.15) is 0 Å².